The highest BCUT2D eigenvalue weighted by Crippen LogP contribution is 2.15. The van der Waals surface area contributed by atoms with E-state index in [1.807, 2.05) is 56.3 Å². The van der Waals surface area contributed by atoms with Gasteiger partial charge in [0.15, 0.2) is 0 Å². The molecule has 30 heavy (non-hydrogen) atoms. The van der Waals surface area contributed by atoms with Gasteiger partial charge < -0.3 is 15.0 Å². The van der Waals surface area contributed by atoms with Crippen LogP contribution in [-0.2, 0) is 27.3 Å². The summed E-state index contributed by atoms with van der Waals surface area (Å²) in [5.74, 6) is -0.267. The van der Waals surface area contributed by atoms with E-state index in [4.69, 9.17) is 16.3 Å². The molecule has 0 saturated heterocycles. The largest absolute Gasteiger partial charge is 0.379 e. The van der Waals surface area contributed by atoms with E-state index in [2.05, 4.69) is 5.32 Å². The number of nitrogens with one attached hydrogen (secondary N) is 1. The first-order valence-electron chi connectivity index (χ1n) is 10.3. The van der Waals surface area contributed by atoms with Crippen LogP contribution in [0.25, 0.3) is 0 Å². The zero-order valence-electron chi connectivity index (χ0n) is 17.9. The lowest BCUT2D eigenvalue weighted by atomic mass is 10.1. The summed E-state index contributed by atoms with van der Waals surface area (Å²) < 4.78 is 5.50. The maximum absolute atomic E-state index is 13.1. The molecule has 1 N–H and O–H groups in total. The first kappa shape index (κ1) is 23.9. The fourth-order valence-electron chi connectivity index (χ4n) is 2.99. The van der Waals surface area contributed by atoms with Gasteiger partial charge in [0, 0.05) is 24.7 Å². The number of carbonyl (C=O) groups is 2. The Balaban J connectivity index is 2.04. The molecule has 0 radical (unpaired) electrons. The van der Waals surface area contributed by atoms with Crippen LogP contribution in [0, 0.1) is 0 Å². The maximum atomic E-state index is 13.1. The number of amides is 2. The van der Waals surface area contributed by atoms with Crippen molar-refractivity contribution in [3.05, 3.63) is 70.7 Å². The van der Waals surface area contributed by atoms with Crippen molar-refractivity contribution in [3.63, 3.8) is 0 Å². The molecule has 2 amide bonds. The second kappa shape index (κ2) is 12.4. The highest BCUT2D eigenvalue weighted by atomic mass is 35.5. The summed E-state index contributed by atoms with van der Waals surface area (Å²) in [6, 6.07) is 16.3. The molecule has 0 aromatic heterocycles. The van der Waals surface area contributed by atoms with E-state index in [0.717, 1.165) is 17.5 Å². The Morgan fingerprint density at radius 2 is 1.67 bits per heavy atom. The molecular formula is C24H31ClN2O3. The first-order chi connectivity index (χ1) is 14.4. The minimum Gasteiger partial charge on any atom is -0.379 e. The molecule has 162 valence electrons. The van der Waals surface area contributed by atoms with Crippen LogP contribution in [0.1, 0.15) is 38.3 Å². The van der Waals surface area contributed by atoms with E-state index in [9.17, 15) is 9.59 Å². The molecule has 6 heteroatoms. The lowest BCUT2D eigenvalue weighted by molar-refractivity contribution is -0.140. The Kier molecular flexibility index (Phi) is 9.84. The van der Waals surface area contributed by atoms with Crippen LogP contribution in [0.2, 0.25) is 5.02 Å². The van der Waals surface area contributed by atoms with Gasteiger partial charge in [-0.25, -0.2) is 0 Å². The van der Waals surface area contributed by atoms with Gasteiger partial charge >= 0.3 is 0 Å². The number of nitrogens with zero attached hydrogens (tertiary/aromatic N) is 1. The van der Waals surface area contributed by atoms with E-state index < -0.39 is 6.04 Å². The Labute approximate surface area is 184 Å². The summed E-state index contributed by atoms with van der Waals surface area (Å²) in [4.78, 5) is 27.4. The summed E-state index contributed by atoms with van der Waals surface area (Å²) in [6.07, 6.45) is 1.14. The molecule has 5 nitrogen and oxygen atoms in total. The summed E-state index contributed by atoms with van der Waals surface area (Å²) >= 11 is 5.98. The van der Waals surface area contributed by atoms with Crippen molar-refractivity contribution in [2.24, 2.45) is 0 Å². The highest BCUT2D eigenvalue weighted by Gasteiger charge is 2.26. The Morgan fingerprint density at radius 1 is 1.00 bits per heavy atom. The van der Waals surface area contributed by atoms with Gasteiger partial charge in [-0.15, -0.1) is 0 Å². The smallest absolute Gasteiger partial charge is 0.242 e. The molecule has 1 atom stereocenters. The molecule has 0 unspecified atom stereocenters. The van der Waals surface area contributed by atoms with Crippen molar-refractivity contribution in [2.75, 3.05) is 13.2 Å². The van der Waals surface area contributed by atoms with E-state index >= 15 is 0 Å². The van der Waals surface area contributed by atoms with Crippen LogP contribution < -0.4 is 5.32 Å². The number of hydrogen-bond donors (Lipinski definition) is 1. The average Bonchev–Trinajstić information content (AvgIpc) is 2.73. The third kappa shape index (κ3) is 8.17. The quantitative estimate of drug-likeness (QED) is 0.542. The van der Waals surface area contributed by atoms with E-state index in [0.29, 0.717) is 24.7 Å². The van der Waals surface area contributed by atoms with Gasteiger partial charge in [-0.1, -0.05) is 54.1 Å². The molecule has 0 bridgehead atoms. The number of ether oxygens (including phenoxy) is 1. The standard InChI is InChI=1S/C24H31ClN2O3/c1-18(2)30-15-7-14-26-24(29)19(3)27(17-21-10-12-22(25)13-11-21)23(28)16-20-8-5-4-6-9-20/h4-6,8-13,18-19H,7,14-17H2,1-3H3,(H,26,29)/t19-/m0/s1. The average molecular weight is 431 g/mol. The van der Waals surface area contributed by atoms with Crippen LogP contribution in [0.3, 0.4) is 0 Å². The van der Waals surface area contributed by atoms with Crippen molar-refractivity contribution < 1.29 is 14.3 Å². The molecule has 0 aliphatic rings. The molecule has 0 heterocycles. The van der Waals surface area contributed by atoms with Gasteiger partial charge in [-0.05, 0) is 50.5 Å². The van der Waals surface area contributed by atoms with Crippen molar-refractivity contribution >= 4 is 23.4 Å². The Bertz CT molecular complexity index is 794. The molecule has 2 aromatic rings. The van der Waals surface area contributed by atoms with Crippen LogP contribution in [0.15, 0.2) is 54.6 Å². The fraction of sp³-hybridized carbons (Fsp3) is 0.417. The lowest BCUT2D eigenvalue weighted by Gasteiger charge is -2.29. The summed E-state index contributed by atoms with van der Waals surface area (Å²) in [5, 5.41) is 3.55. The van der Waals surface area contributed by atoms with Crippen molar-refractivity contribution in [3.8, 4) is 0 Å². The maximum Gasteiger partial charge on any atom is 0.242 e. The topological polar surface area (TPSA) is 58.6 Å². The van der Waals surface area contributed by atoms with Gasteiger partial charge in [0.1, 0.15) is 6.04 Å². The van der Waals surface area contributed by atoms with Crippen molar-refractivity contribution in [2.45, 2.75) is 52.3 Å². The molecular weight excluding hydrogens is 400 g/mol. The second-order valence-corrected chi connectivity index (χ2v) is 7.99. The predicted molar refractivity (Wildman–Crippen MR) is 120 cm³/mol. The van der Waals surface area contributed by atoms with Gasteiger partial charge in [0.05, 0.1) is 12.5 Å². The molecule has 0 aliphatic heterocycles. The van der Waals surface area contributed by atoms with Crippen molar-refractivity contribution in [1.82, 2.24) is 10.2 Å². The summed E-state index contributed by atoms with van der Waals surface area (Å²) in [5.41, 5.74) is 1.84. The zero-order chi connectivity index (χ0) is 21.9. The predicted octanol–water partition coefficient (Wildman–Crippen LogP) is 4.23. The second-order valence-electron chi connectivity index (χ2n) is 7.55. The van der Waals surface area contributed by atoms with Gasteiger partial charge in [-0.2, -0.15) is 0 Å². The number of halogens is 1. The molecule has 2 aromatic carbocycles. The minimum absolute atomic E-state index is 0.0954. The van der Waals surface area contributed by atoms with Crippen LogP contribution >= 0.6 is 11.6 Å². The van der Waals surface area contributed by atoms with Crippen LogP contribution in [-0.4, -0.2) is 42.0 Å². The monoisotopic (exact) mass is 430 g/mol. The normalized spacial score (nSPS) is 11.9. The Morgan fingerprint density at radius 3 is 2.30 bits per heavy atom. The number of rotatable bonds is 11. The van der Waals surface area contributed by atoms with Gasteiger partial charge in [0.25, 0.3) is 0 Å². The SMILES string of the molecule is CC(C)OCCCNC(=O)[C@H](C)N(Cc1ccc(Cl)cc1)C(=O)Cc1ccccc1. The minimum atomic E-state index is -0.595. The molecule has 0 aliphatic carbocycles. The third-order valence-electron chi connectivity index (χ3n) is 4.70. The molecule has 0 fully saturated rings. The summed E-state index contributed by atoms with van der Waals surface area (Å²) in [7, 11) is 0. The van der Waals surface area contributed by atoms with E-state index in [1.165, 1.54) is 0 Å². The van der Waals surface area contributed by atoms with Crippen LogP contribution in [0.5, 0.6) is 0 Å². The Hall–Kier alpha value is -2.37. The van der Waals surface area contributed by atoms with Crippen molar-refractivity contribution in [1.29, 1.82) is 0 Å². The molecule has 2 rings (SSSR count). The number of benzene rings is 2. The highest BCUT2D eigenvalue weighted by molar-refractivity contribution is 6.30. The van der Waals surface area contributed by atoms with E-state index in [1.54, 1.807) is 24.0 Å². The molecule has 0 spiro atoms. The fourth-order valence-corrected chi connectivity index (χ4v) is 3.12. The zero-order valence-corrected chi connectivity index (χ0v) is 18.7. The lowest BCUT2D eigenvalue weighted by Crippen LogP contribution is -2.48. The van der Waals surface area contributed by atoms with Gasteiger partial charge in [-0.3, -0.25) is 9.59 Å². The summed E-state index contributed by atoms with van der Waals surface area (Å²) in [6.45, 7) is 7.17. The van der Waals surface area contributed by atoms with Gasteiger partial charge in [0.2, 0.25) is 11.8 Å². The van der Waals surface area contributed by atoms with E-state index in [-0.39, 0.29) is 24.3 Å². The number of carbonyl (C=O) groups excluding carboxylic acids is 2. The van der Waals surface area contributed by atoms with Crippen LogP contribution in [0.4, 0.5) is 0 Å². The third-order valence-corrected chi connectivity index (χ3v) is 4.96. The first-order valence-corrected chi connectivity index (χ1v) is 10.7. The molecule has 0 saturated carbocycles. The number of hydrogen-bond acceptors (Lipinski definition) is 3.